The molecule has 0 saturated carbocycles. The SMILES string of the molecule is CNC(=O)[C@H]1CN(CCCOc2cc(C)ccc2C)c2ccccc2O1. The zero-order valence-corrected chi connectivity index (χ0v) is 15.6. The molecule has 0 spiro atoms. The van der Waals surface area contributed by atoms with Gasteiger partial charge in [0.15, 0.2) is 6.10 Å². The van der Waals surface area contributed by atoms with Crippen molar-refractivity contribution in [1.29, 1.82) is 0 Å². The van der Waals surface area contributed by atoms with Crippen LogP contribution in [0, 0.1) is 13.8 Å². The normalized spacial score (nSPS) is 15.8. The first-order valence-electron chi connectivity index (χ1n) is 9.01. The maximum atomic E-state index is 12.0. The van der Waals surface area contributed by atoms with Crippen LogP contribution in [0.2, 0.25) is 0 Å². The van der Waals surface area contributed by atoms with E-state index >= 15 is 0 Å². The second kappa shape index (κ2) is 8.13. The Kier molecular flexibility index (Phi) is 5.66. The van der Waals surface area contributed by atoms with E-state index in [0.29, 0.717) is 13.2 Å². The predicted molar refractivity (Wildman–Crippen MR) is 103 cm³/mol. The van der Waals surface area contributed by atoms with E-state index in [2.05, 4.69) is 42.3 Å². The first kappa shape index (κ1) is 18.1. The molecule has 5 heteroatoms. The fourth-order valence-electron chi connectivity index (χ4n) is 3.12. The second-order valence-electron chi connectivity index (χ2n) is 6.61. The molecule has 0 fully saturated rings. The van der Waals surface area contributed by atoms with Crippen molar-refractivity contribution in [2.45, 2.75) is 26.4 Å². The van der Waals surface area contributed by atoms with Crippen molar-refractivity contribution < 1.29 is 14.3 Å². The third-order valence-electron chi connectivity index (χ3n) is 4.57. The Morgan fingerprint density at radius 1 is 1.27 bits per heavy atom. The lowest BCUT2D eigenvalue weighted by Gasteiger charge is -2.35. The molecule has 1 aliphatic rings. The average Bonchev–Trinajstić information content (AvgIpc) is 2.66. The molecular formula is C21H26N2O3. The Bertz CT molecular complexity index is 776. The zero-order chi connectivity index (χ0) is 18.5. The van der Waals surface area contributed by atoms with Gasteiger partial charge in [0, 0.05) is 13.6 Å². The maximum absolute atomic E-state index is 12.0. The van der Waals surface area contributed by atoms with Crippen molar-refractivity contribution in [1.82, 2.24) is 5.32 Å². The minimum atomic E-state index is -0.491. The summed E-state index contributed by atoms with van der Waals surface area (Å²) in [5.41, 5.74) is 3.37. The molecule has 1 N–H and O–H groups in total. The summed E-state index contributed by atoms with van der Waals surface area (Å²) in [7, 11) is 1.63. The molecule has 5 nitrogen and oxygen atoms in total. The van der Waals surface area contributed by atoms with E-state index in [9.17, 15) is 4.79 Å². The van der Waals surface area contributed by atoms with Gasteiger partial charge in [-0.3, -0.25) is 4.79 Å². The molecule has 138 valence electrons. The van der Waals surface area contributed by atoms with Crippen LogP contribution < -0.4 is 19.7 Å². The van der Waals surface area contributed by atoms with E-state index in [-0.39, 0.29) is 5.91 Å². The molecule has 2 aromatic rings. The number of para-hydroxylation sites is 2. The molecule has 0 saturated heterocycles. The molecule has 1 amide bonds. The number of benzene rings is 2. The van der Waals surface area contributed by atoms with E-state index in [1.165, 1.54) is 5.56 Å². The molecule has 0 radical (unpaired) electrons. The summed E-state index contributed by atoms with van der Waals surface area (Å²) < 4.78 is 11.8. The first-order valence-corrected chi connectivity index (χ1v) is 9.01. The Hall–Kier alpha value is -2.69. The number of hydrogen-bond donors (Lipinski definition) is 1. The smallest absolute Gasteiger partial charge is 0.262 e. The molecule has 26 heavy (non-hydrogen) atoms. The van der Waals surface area contributed by atoms with Gasteiger partial charge in [-0.2, -0.15) is 0 Å². The van der Waals surface area contributed by atoms with Crippen LogP contribution in [0.1, 0.15) is 17.5 Å². The van der Waals surface area contributed by atoms with Crippen LogP contribution in [-0.2, 0) is 4.79 Å². The average molecular weight is 354 g/mol. The molecule has 3 rings (SSSR count). The lowest BCUT2D eigenvalue weighted by atomic mass is 10.1. The van der Waals surface area contributed by atoms with Crippen LogP contribution in [-0.4, -0.2) is 38.8 Å². The molecule has 1 atom stereocenters. The number of anilines is 1. The van der Waals surface area contributed by atoms with Gasteiger partial charge < -0.3 is 19.7 Å². The van der Waals surface area contributed by atoms with E-state index in [1.54, 1.807) is 7.05 Å². The van der Waals surface area contributed by atoms with Crippen LogP contribution in [0.15, 0.2) is 42.5 Å². The standard InChI is InChI=1S/C21H26N2O3/c1-15-9-10-16(2)19(13-15)25-12-6-11-23-14-20(21(24)22-3)26-18-8-5-4-7-17(18)23/h4-5,7-10,13,20H,6,11-12,14H2,1-3H3,(H,22,24)/t20-/m1/s1. The number of likely N-dealkylation sites (N-methyl/N-ethyl adjacent to an activating group) is 1. The van der Waals surface area contributed by atoms with Crippen LogP contribution in [0.25, 0.3) is 0 Å². The fourth-order valence-corrected chi connectivity index (χ4v) is 3.12. The van der Waals surface area contributed by atoms with Gasteiger partial charge in [-0.25, -0.2) is 0 Å². The molecular weight excluding hydrogens is 328 g/mol. The van der Waals surface area contributed by atoms with Gasteiger partial charge in [0.05, 0.1) is 18.8 Å². The molecule has 2 aromatic carbocycles. The highest BCUT2D eigenvalue weighted by Crippen LogP contribution is 2.33. The number of fused-ring (bicyclic) bond motifs is 1. The van der Waals surface area contributed by atoms with Crippen molar-refractivity contribution in [3.63, 3.8) is 0 Å². The number of carbonyl (C=O) groups excluding carboxylic acids is 1. The Balaban J connectivity index is 1.61. The van der Waals surface area contributed by atoms with Crippen LogP contribution in [0.4, 0.5) is 5.69 Å². The van der Waals surface area contributed by atoms with Gasteiger partial charge in [0.2, 0.25) is 0 Å². The Morgan fingerprint density at radius 2 is 2.08 bits per heavy atom. The quantitative estimate of drug-likeness (QED) is 0.810. The van der Waals surface area contributed by atoms with Crippen LogP contribution in [0.5, 0.6) is 11.5 Å². The van der Waals surface area contributed by atoms with Crippen molar-refractivity contribution in [2.24, 2.45) is 0 Å². The number of amides is 1. The Morgan fingerprint density at radius 3 is 2.88 bits per heavy atom. The van der Waals surface area contributed by atoms with Gasteiger partial charge in [-0.05, 0) is 49.6 Å². The summed E-state index contributed by atoms with van der Waals surface area (Å²) in [4.78, 5) is 14.2. The van der Waals surface area contributed by atoms with E-state index in [1.807, 2.05) is 24.3 Å². The molecule has 0 unspecified atom stereocenters. The van der Waals surface area contributed by atoms with Gasteiger partial charge in [-0.15, -0.1) is 0 Å². The largest absolute Gasteiger partial charge is 0.493 e. The number of ether oxygens (including phenoxy) is 2. The number of aryl methyl sites for hydroxylation is 2. The molecule has 0 aliphatic carbocycles. The first-order chi connectivity index (χ1) is 12.6. The maximum Gasteiger partial charge on any atom is 0.262 e. The molecule has 1 aliphatic heterocycles. The van der Waals surface area contributed by atoms with Crippen molar-refractivity contribution in [2.75, 3.05) is 31.6 Å². The number of nitrogens with zero attached hydrogens (tertiary/aromatic N) is 1. The van der Waals surface area contributed by atoms with Crippen molar-refractivity contribution >= 4 is 11.6 Å². The topological polar surface area (TPSA) is 50.8 Å². The summed E-state index contributed by atoms with van der Waals surface area (Å²) in [6.07, 6.45) is 0.372. The minimum absolute atomic E-state index is 0.101. The Labute approximate surface area is 154 Å². The summed E-state index contributed by atoms with van der Waals surface area (Å²) in [5.74, 6) is 1.59. The monoisotopic (exact) mass is 354 g/mol. The highest BCUT2D eigenvalue weighted by atomic mass is 16.5. The van der Waals surface area contributed by atoms with Gasteiger partial charge >= 0.3 is 0 Å². The highest BCUT2D eigenvalue weighted by molar-refractivity contribution is 5.83. The molecule has 0 bridgehead atoms. The molecule has 1 heterocycles. The highest BCUT2D eigenvalue weighted by Gasteiger charge is 2.29. The van der Waals surface area contributed by atoms with Crippen LogP contribution >= 0.6 is 0 Å². The van der Waals surface area contributed by atoms with Crippen LogP contribution in [0.3, 0.4) is 0 Å². The summed E-state index contributed by atoms with van der Waals surface area (Å²) in [6.45, 7) is 6.10. The third kappa shape index (κ3) is 4.10. The summed E-state index contributed by atoms with van der Waals surface area (Å²) >= 11 is 0. The van der Waals surface area contributed by atoms with Crippen molar-refractivity contribution in [3.05, 3.63) is 53.6 Å². The zero-order valence-electron chi connectivity index (χ0n) is 15.6. The summed E-state index contributed by atoms with van der Waals surface area (Å²) in [5, 5.41) is 2.67. The van der Waals surface area contributed by atoms with Gasteiger partial charge in [0.25, 0.3) is 5.91 Å². The fraction of sp³-hybridized carbons (Fsp3) is 0.381. The van der Waals surface area contributed by atoms with E-state index < -0.39 is 6.10 Å². The number of hydrogen-bond acceptors (Lipinski definition) is 4. The minimum Gasteiger partial charge on any atom is -0.493 e. The summed E-state index contributed by atoms with van der Waals surface area (Å²) in [6, 6.07) is 14.1. The lowest BCUT2D eigenvalue weighted by molar-refractivity contribution is -0.127. The van der Waals surface area contributed by atoms with E-state index in [4.69, 9.17) is 9.47 Å². The van der Waals surface area contributed by atoms with Gasteiger partial charge in [0.1, 0.15) is 11.5 Å². The van der Waals surface area contributed by atoms with E-state index in [0.717, 1.165) is 35.7 Å². The number of rotatable bonds is 6. The number of nitrogens with one attached hydrogen (secondary N) is 1. The van der Waals surface area contributed by atoms with Gasteiger partial charge in [-0.1, -0.05) is 24.3 Å². The van der Waals surface area contributed by atoms with Crippen molar-refractivity contribution in [3.8, 4) is 11.5 Å². The third-order valence-corrected chi connectivity index (χ3v) is 4.57. The predicted octanol–water partition coefficient (Wildman–Crippen LogP) is 3.09. The second-order valence-corrected chi connectivity index (χ2v) is 6.61. The molecule has 0 aromatic heterocycles. The number of carbonyl (C=O) groups is 1. The lowest BCUT2D eigenvalue weighted by Crippen LogP contribution is -2.48.